The van der Waals surface area contributed by atoms with Crippen LogP contribution in [0.2, 0.25) is 0 Å². The molecule has 1 unspecified atom stereocenters. The summed E-state index contributed by atoms with van der Waals surface area (Å²) >= 11 is 0. The highest BCUT2D eigenvalue weighted by molar-refractivity contribution is 5.62. The second kappa shape index (κ2) is 10.9. The van der Waals surface area contributed by atoms with Crippen molar-refractivity contribution >= 4 is 6.08 Å². The Morgan fingerprint density at radius 1 is 1.09 bits per heavy atom. The van der Waals surface area contributed by atoms with Gasteiger partial charge in [0.15, 0.2) is 11.5 Å². The standard InChI is InChI=1S/C19H30O4/c1-5-7-8-11-16(6-2)23-19-17(21-3)13-15(10-9-12-20)14-18(19)22-4/h9-10,13-14,16,20H,5-8,11-12H2,1-4H3/b10-9+. The molecule has 1 atom stereocenters. The molecule has 4 heteroatoms. The van der Waals surface area contributed by atoms with E-state index in [1.165, 1.54) is 12.8 Å². The van der Waals surface area contributed by atoms with E-state index in [2.05, 4.69) is 13.8 Å². The number of unbranched alkanes of at least 4 members (excludes halogenated alkanes) is 2. The third-order valence-corrected chi connectivity index (χ3v) is 3.77. The van der Waals surface area contributed by atoms with Gasteiger partial charge in [-0.3, -0.25) is 0 Å². The van der Waals surface area contributed by atoms with E-state index in [-0.39, 0.29) is 12.7 Å². The Morgan fingerprint density at radius 2 is 1.74 bits per heavy atom. The van der Waals surface area contributed by atoms with E-state index in [0.29, 0.717) is 17.2 Å². The molecule has 0 saturated heterocycles. The van der Waals surface area contributed by atoms with Crippen LogP contribution in [-0.4, -0.2) is 32.0 Å². The molecule has 0 spiro atoms. The fourth-order valence-corrected chi connectivity index (χ4v) is 2.44. The molecule has 0 saturated carbocycles. The molecule has 4 nitrogen and oxygen atoms in total. The highest BCUT2D eigenvalue weighted by atomic mass is 16.5. The van der Waals surface area contributed by atoms with E-state index in [9.17, 15) is 0 Å². The van der Waals surface area contributed by atoms with Crippen molar-refractivity contribution in [3.8, 4) is 17.2 Å². The quantitative estimate of drug-likeness (QED) is 0.612. The first kappa shape index (κ1) is 19.4. The molecule has 0 amide bonds. The third kappa shape index (κ3) is 6.14. The Labute approximate surface area is 140 Å². The summed E-state index contributed by atoms with van der Waals surface area (Å²) in [7, 11) is 3.25. The van der Waals surface area contributed by atoms with Crippen LogP contribution in [0.3, 0.4) is 0 Å². The normalized spacial score (nSPS) is 12.4. The van der Waals surface area contributed by atoms with Crippen molar-refractivity contribution in [3.05, 3.63) is 23.8 Å². The summed E-state index contributed by atoms with van der Waals surface area (Å²) < 4.78 is 17.1. The van der Waals surface area contributed by atoms with Gasteiger partial charge in [0, 0.05) is 0 Å². The molecule has 0 heterocycles. The summed E-state index contributed by atoms with van der Waals surface area (Å²) in [4.78, 5) is 0. The lowest BCUT2D eigenvalue weighted by molar-refractivity contribution is 0.168. The minimum atomic E-state index is -0.00177. The molecule has 1 N–H and O–H groups in total. The summed E-state index contributed by atoms with van der Waals surface area (Å²) in [5.41, 5.74) is 0.902. The van der Waals surface area contributed by atoms with Crippen molar-refractivity contribution in [3.63, 3.8) is 0 Å². The number of aliphatic hydroxyl groups is 1. The second-order valence-corrected chi connectivity index (χ2v) is 5.48. The number of rotatable bonds is 11. The largest absolute Gasteiger partial charge is 0.493 e. The van der Waals surface area contributed by atoms with Gasteiger partial charge in [-0.25, -0.2) is 0 Å². The van der Waals surface area contributed by atoms with Crippen molar-refractivity contribution < 1.29 is 19.3 Å². The van der Waals surface area contributed by atoms with Crippen molar-refractivity contribution in [1.29, 1.82) is 0 Å². The lowest BCUT2D eigenvalue weighted by atomic mass is 10.1. The Hall–Kier alpha value is -1.68. The smallest absolute Gasteiger partial charge is 0.203 e. The van der Waals surface area contributed by atoms with E-state index in [0.717, 1.165) is 24.8 Å². The Morgan fingerprint density at radius 3 is 2.22 bits per heavy atom. The predicted molar refractivity (Wildman–Crippen MR) is 94.5 cm³/mol. The summed E-state index contributed by atoms with van der Waals surface area (Å²) in [5, 5.41) is 8.91. The fraction of sp³-hybridized carbons (Fsp3) is 0.579. The van der Waals surface area contributed by atoms with Gasteiger partial charge in [0.05, 0.1) is 26.9 Å². The molecule has 0 aromatic heterocycles. The van der Waals surface area contributed by atoms with Crippen molar-refractivity contribution in [2.24, 2.45) is 0 Å². The van der Waals surface area contributed by atoms with Crippen LogP contribution in [0.5, 0.6) is 17.2 Å². The first-order valence-corrected chi connectivity index (χ1v) is 8.40. The van der Waals surface area contributed by atoms with Crippen LogP contribution in [-0.2, 0) is 0 Å². The maximum Gasteiger partial charge on any atom is 0.203 e. The van der Waals surface area contributed by atoms with Gasteiger partial charge in [-0.05, 0) is 37.0 Å². The number of ether oxygens (including phenoxy) is 3. The first-order valence-electron chi connectivity index (χ1n) is 8.40. The minimum absolute atomic E-state index is 0.00177. The van der Waals surface area contributed by atoms with Crippen LogP contribution in [0, 0.1) is 0 Å². The fourth-order valence-electron chi connectivity index (χ4n) is 2.44. The zero-order chi connectivity index (χ0) is 17.1. The third-order valence-electron chi connectivity index (χ3n) is 3.77. The van der Waals surface area contributed by atoms with Gasteiger partial charge in [-0.15, -0.1) is 0 Å². The van der Waals surface area contributed by atoms with Crippen LogP contribution in [0.25, 0.3) is 6.08 Å². The van der Waals surface area contributed by atoms with Gasteiger partial charge in [0.1, 0.15) is 0 Å². The van der Waals surface area contributed by atoms with Crippen molar-refractivity contribution in [1.82, 2.24) is 0 Å². The van der Waals surface area contributed by atoms with Gasteiger partial charge in [-0.2, -0.15) is 0 Å². The number of benzene rings is 1. The van der Waals surface area contributed by atoms with Crippen LogP contribution in [0.15, 0.2) is 18.2 Å². The topological polar surface area (TPSA) is 47.9 Å². The summed E-state index contributed by atoms with van der Waals surface area (Å²) in [6.45, 7) is 4.33. The first-order chi connectivity index (χ1) is 11.2. The Kier molecular flexibility index (Phi) is 9.22. The highest BCUT2D eigenvalue weighted by Crippen LogP contribution is 2.40. The zero-order valence-corrected chi connectivity index (χ0v) is 14.8. The molecule has 23 heavy (non-hydrogen) atoms. The molecule has 0 fully saturated rings. The molecule has 0 aliphatic heterocycles. The number of hydrogen-bond acceptors (Lipinski definition) is 4. The van der Waals surface area contributed by atoms with Gasteiger partial charge < -0.3 is 19.3 Å². The number of hydrogen-bond donors (Lipinski definition) is 1. The average molecular weight is 322 g/mol. The summed E-state index contributed by atoms with van der Waals surface area (Å²) in [6.07, 6.45) is 9.22. The van der Waals surface area contributed by atoms with E-state index in [1.807, 2.05) is 18.2 Å². The zero-order valence-electron chi connectivity index (χ0n) is 14.8. The molecule has 1 aromatic rings. The minimum Gasteiger partial charge on any atom is -0.493 e. The predicted octanol–water partition coefficient (Wildman–Crippen LogP) is 4.45. The second-order valence-electron chi connectivity index (χ2n) is 5.48. The van der Waals surface area contributed by atoms with Crippen LogP contribution in [0.1, 0.15) is 51.5 Å². The maximum absolute atomic E-state index is 8.91. The number of aliphatic hydroxyl groups excluding tert-OH is 1. The number of methoxy groups -OCH3 is 2. The van der Waals surface area contributed by atoms with Gasteiger partial charge in [-0.1, -0.05) is 38.8 Å². The molecule has 130 valence electrons. The SMILES string of the molecule is CCCCCC(CC)Oc1c(OC)cc(/C=C/CO)cc1OC. The lowest BCUT2D eigenvalue weighted by Gasteiger charge is -2.21. The molecular formula is C19H30O4. The molecule has 1 aromatic carbocycles. The maximum atomic E-state index is 8.91. The van der Waals surface area contributed by atoms with E-state index < -0.39 is 0 Å². The summed E-state index contributed by atoms with van der Waals surface area (Å²) in [5.74, 6) is 1.95. The van der Waals surface area contributed by atoms with Gasteiger partial charge >= 0.3 is 0 Å². The van der Waals surface area contributed by atoms with Crippen LogP contribution >= 0.6 is 0 Å². The van der Waals surface area contributed by atoms with Crippen molar-refractivity contribution in [2.45, 2.75) is 52.1 Å². The van der Waals surface area contributed by atoms with E-state index in [4.69, 9.17) is 19.3 Å². The van der Waals surface area contributed by atoms with Crippen LogP contribution < -0.4 is 14.2 Å². The van der Waals surface area contributed by atoms with Crippen molar-refractivity contribution in [2.75, 3.05) is 20.8 Å². The molecule has 0 radical (unpaired) electrons. The van der Waals surface area contributed by atoms with E-state index in [1.54, 1.807) is 20.3 Å². The molecular weight excluding hydrogens is 292 g/mol. The Balaban J connectivity index is 3.00. The monoisotopic (exact) mass is 322 g/mol. The summed E-state index contributed by atoms with van der Waals surface area (Å²) in [6, 6.07) is 3.78. The average Bonchev–Trinajstić information content (AvgIpc) is 2.59. The van der Waals surface area contributed by atoms with Gasteiger partial charge in [0.25, 0.3) is 0 Å². The Bertz CT molecular complexity index is 457. The van der Waals surface area contributed by atoms with Gasteiger partial charge in [0.2, 0.25) is 5.75 Å². The molecule has 1 rings (SSSR count). The van der Waals surface area contributed by atoms with E-state index >= 15 is 0 Å². The molecule has 0 bridgehead atoms. The molecule has 0 aliphatic rings. The molecule has 0 aliphatic carbocycles. The lowest BCUT2D eigenvalue weighted by Crippen LogP contribution is -2.16. The van der Waals surface area contributed by atoms with Crippen LogP contribution in [0.4, 0.5) is 0 Å². The highest BCUT2D eigenvalue weighted by Gasteiger charge is 2.17.